The Hall–Kier alpha value is -1.04. The third-order valence-corrected chi connectivity index (χ3v) is 3.76. The minimum absolute atomic E-state index is 0.0954. The van der Waals surface area contributed by atoms with Crippen molar-refractivity contribution >= 4 is 5.91 Å². The first-order valence-electron chi connectivity index (χ1n) is 6.18. The van der Waals surface area contributed by atoms with Crippen LogP contribution < -0.4 is 0 Å². The number of hydrogen-bond donors (Lipinski definition) is 0. The number of hydrogen-bond acceptors (Lipinski definition) is 2. The van der Waals surface area contributed by atoms with Gasteiger partial charge in [0.25, 0.3) is 0 Å². The van der Waals surface area contributed by atoms with Gasteiger partial charge in [-0.15, -0.1) is 0 Å². The van der Waals surface area contributed by atoms with Gasteiger partial charge in [0, 0.05) is 12.5 Å². The van der Waals surface area contributed by atoms with Crippen LogP contribution in [0.4, 0.5) is 0 Å². The Balaban J connectivity index is 2.74. The number of nitrogens with zero attached hydrogens (tertiary/aromatic N) is 2. The lowest BCUT2D eigenvalue weighted by Gasteiger charge is -2.39. The van der Waals surface area contributed by atoms with Gasteiger partial charge in [-0.1, -0.05) is 26.7 Å². The van der Waals surface area contributed by atoms with E-state index in [4.69, 9.17) is 5.26 Å². The van der Waals surface area contributed by atoms with Crippen LogP contribution in [0.5, 0.6) is 0 Å². The molecular weight excluding hydrogens is 200 g/mol. The molecule has 1 fully saturated rings. The van der Waals surface area contributed by atoms with Gasteiger partial charge in [-0.3, -0.25) is 4.79 Å². The summed E-state index contributed by atoms with van der Waals surface area (Å²) in [5.41, 5.74) is 0.0954. The molecule has 1 rings (SSSR count). The smallest absolute Gasteiger partial charge is 0.227 e. The molecule has 0 aromatic heterocycles. The van der Waals surface area contributed by atoms with Crippen LogP contribution in [-0.4, -0.2) is 23.9 Å². The Labute approximate surface area is 98.4 Å². The molecule has 1 unspecified atom stereocenters. The monoisotopic (exact) mass is 222 g/mol. The molecule has 1 aliphatic rings. The van der Waals surface area contributed by atoms with Crippen molar-refractivity contribution in [3.63, 3.8) is 0 Å². The summed E-state index contributed by atoms with van der Waals surface area (Å²) in [5.74, 6) is 0.281. The molecule has 0 N–H and O–H groups in total. The van der Waals surface area contributed by atoms with Crippen LogP contribution in [0.1, 0.15) is 46.5 Å². The van der Waals surface area contributed by atoms with E-state index in [-0.39, 0.29) is 23.8 Å². The van der Waals surface area contributed by atoms with E-state index < -0.39 is 0 Å². The van der Waals surface area contributed by atoms with E-state index in [0.29, 0.717) is 6.54 Å². The van der Waals surface area contributed by atoms with Crippen LogP contribution in [0.2, 0.25) is 0 Å². The Kier molecular flexibility index (Phi) is 4.35. The first kappa shape index (κ1) is 13.0. The number of carbonyl (C=O) groups is 1. The van der Waals surface area contributed by atoms with Crippen LogP contribution in [0.25, 0.3) is 0 Å². The molecule has 1 saturated carbocycles. The predicted octanol–water partition coefficient (Wildman–Crippen LogP) is 2.57. The first-order valence-corrected chi connectivity index (χ1v) is 6.18. The molecule has 1 aliphatic carbocycles. The van der Waals surface area contributed by atoms with Crippen molar-refractivity contribution in [1.29, 1.82) is 5.26 Å². The quantitative estimate of drug-likeness (QED) is 0.689. The largest absolute Gasteiger partial charge is 0.329 e. The average Bonchev–Trinajstić information content (AvgIpc) is 2.24. The maximum atomic E-state index is 12.3. The van der Waals surface area contributed by atoms with Crippen LogP contribution in [0, 0.1) is 22.7 Å². The van der Waals surface area contributed by atoms with Gasteiger partial charge < -0.3 is 4.90 Å². The summed E-state index contributed by atoms with van der Waals surface area (Å²) in [6.45, 7) is 7.15. The predicted molar refractivity (Wildman–Crippen MR) is 63.6 cm³/mol. The molecule has 16 heavy (non-hydrogen) atoms. The van der Waals surface area contributed by atoms with Gasteiger partial charge in [0.05, 0.1) is 6.07 Å². The SMILES string of the molecule is CCN(CC#N)C(=O)C1CCCCC1(C)C. The lowest BCUT2D eigenvalue weighted by atomic mass is 9.68. The maximum absolute atomic E-state index is 12.3. The summed E-state index contributed by atoms with van der Waals surface area (Å²) in [7, 11) is 0. The van der Waals surface area contributed by atoms with Gasteiger partial charge in [-0.2, -0.15) is 5.26 Å². The molecule has 0 aromatic rings. The highest BCUT2D eigenvalue weighted by Gasteiger charge is 2.38. The number of carbonyl (C=O) groups excluding carboxylic acids is 1. The average molecular weight is 222 g/mol. The molecule has 0 radical (unpaired) electrons. The maximum Gasteiger partial charge on any atom is 0.227 e. The second-order valence-corrected chi connectivity index (χ2v) is 5.30. The Morgan fingerprint density at radius 1 is 1.50 bits per heavy atom. The summed E-state index contributed by atoms with van der Waals surface area (Å²) < 4.78 is 0. The van der Waals surface area contributed by atoms with Crippen molar-refractivity contribution in [2.75, 3.05) is 13.1 Å². The third-order valence-electron chi connectivity index (χ3n) is 3.76. The van der Waals surface area contributed by atoms with E-state index in [2.05, 4.69) is 19.9 Å². The Morgan fingerprint density at radius 3 is 2.69 bits per heavy atom. The highest BCUT2D eigenvalue weighted by Crippen LogP contribution is 2.41. The van der Waals surface area contributed by atoms with Gasteiger partial charge in [-0.25, -0.2) is 0 Å². The molecule has 1 amide bonds. The minimum atomic E-state index is 0.0954. The zero-order valence-corrected chi connectivity index (χ0v) is 10.6. The summed E-state index contributed by atoms with van der Waals surface area (Å²) in [6, 6.07) is 2.07. The van der Waals surface area contributed by atoms with Gasteiger partial charge in [0.1, 0.15) is 6.54 Å². The fourth-order valence-electron chi connectivity index (χ4n) is 2.60. The van der Waals surface area contributed by atoms with Crippen molar-refractivity contribution in [3.05, 3.63) is 0 Å². The normalized spacial score (nSPS) is 23.5. The van der Waals surface area contributed by atoms with Crippen LogP contribution in [0.3, 0.4) is 0 Å². The van der Waals surface area contributed by atoms with Crippen molar-refractivity contribution in [2.24, 2.45) is 11.3 Å². The molecule has 0 aliphatic heterocycles. The van der Waals surface area contributed by atoms with Crippen LogP contribution >= 0.6 is 0 Å². The second kappa shape index (κ2) is 5.34. The van der Waals surface area contributed by atoms with Crippen molar-refractivity contribution in [2.45, 2.75) is 46.5 Å². The standard InChI is InChI=1S/C13H22N2O/c1-4-15(10-9-14)12(16)11-7-5-6-8-13(11,2)3/h11H,4-8,10H2,1-3H3. The lowest BCUT2D eigenvalue weighted by molar-refractivity contribution is -0.140. The summed E-state index contributed by atoms with van der Waals surface area (Å²) >= 11 is 0. The minimum Gasteiger partial charge on any atom is -0.329 e. The molecule has 0 aromatic carbocycles. The fraction of sp³-hybridized carbons (Fsp3) is 0.846. The fourth-order valence-corrected chi connectivity index (χ4v) is 2.60. The highest BCUT2D eigenvalue weighted by atomic mass is 16.2. The van der Waals surface area contributed by atoms with E-state index in [9.17, 15) is 4.79 Å². The van der Waals surface area contributed by atoms with Crippen LogP contribution in [0.15, 0.2) is 0 Å². The summed E-state index contributed by atoms with van der Waals surface area (Å²) in [6.07, 6.45) is 4.46. The number of nitriles is 1. The molecular formula is C13H22N2O. The highest BCUT2D eigenvalue weighted by molar-refractivity contribution is 5.80. The van der Waals surface area contributed by atoms with Crippen molar-refractivity contribution < 1.29 is 4.79 Å². The summed E-state index contributed by atoms with van der Waals surface area (Å²) in [4.78, 5) is 14.0. The molecule has 0 spiro atoms. The Morgan fingerprint density at radius 2 is 2.19 bits per heavy atom. The van der Waals surface area contributed by atoms with Crippen molar-refractivity contribution in [1.82, 2.24) is 4.90 Å². The van der Waals surface area contributed by atoms with Crippen LogP contribution in [-0.2, 0) is 4.79 Å². The zero-order chi connectivity index (χ0) is 12.2. The van der Waals surface area contributed by atoms with Gasteiger partial charge >= 0.3 is 0 Å². The molecule has 0 saturated heterocycles. The van der Waals surface area contributed by atoms with Gasteiger partial charge in [0.15, 0.2) is 0 Å². The van der Waals surface area contributed by atoms with Crippen molar-refractivity contribution in [3.8, 4) is 6.07 Å². The first-order chi connectivity index (χ1) is 7.53. The molecule has 1 atom stereocenters. The molecule has 0 heterocycles. The molecule has 3 nitrogen and oxygen atoms in total. The lowest BCUT2D eigenvalue weighted by Crippen LogP contribution is -2.43. The summed E-state index contributed by atoms with van der Waals surface area (Å²) in [5, 5.41) is 8.70. The topological polar surface area (TPSA) is 44.1 Å². The zero-order valence-electron chi connectivity index (χ0n) is 10.6. The number of amides is 1. The Bertz CT molecular complexity index is 291. The van der Waals surface area contributed by atoms with E-state index in [1.54, 1.807) is 4.90 Å². The van der Waals surface area contributed by atoms with Gasteiger partial charge in [0.2, 0.25) is 5.91 Å². The van der Waals surface area contributed by atoms with E-state index in [1.165, 1.54) is 6.42 Å². The van der Waals surface area contributed by atoms with E-state index in [1.807, 2.05) is 6.92 Å². The number of rotatable bonds is 3. The van der Waals surface area contributed by atoms with Gasteiger partial charge in [-0.05, 0) is 25.2 Å². The van der Waals surface area contributed by atoms with E-state index in [0.717, 1.165) is 19.3 Å². The molecule has 3 heteroatoms. The molecule has 90 valence electrons. The third kappa shape index (κ3) is 2.75. The molecule has 0 bridgehead atoms. The second-order valence-electron chi connectivity index (χ2n) is 5.30. The van der Waals surface area contributed by atoms with E-state index >= 15 is 0 Å².